The van der Waals surface area contributed by atoms with E-state index in [1.807, 2.05) is 6.92 Å². The van der Waals surface area contributed by atoms with Gasteiger partial charge in [0.15, 0.2) is 0 Å². The summed E-state index contributed by atoms with van der Waals surface area (Å²) in [4.78, 5) is 15.0. The van der Waals surface area contributed by atoms with Crippen molar-refractivity contribution in [1.29, 1.82) is 0 Å². The van der Waals surface area contributed by atoms with Crippen LogP contribution in [-0.2, 0) is 0 Å². The second kappa shape index (κ2) is 8.52. The molecule has 1 aromatic rings. The SMILES string of the molecule is CCCC(O)CNc1nc(NC)nc(N(CC)CC)n1. The molecule has 7 nitrogen and oxygen atoms in total. The van der Waals surface area contributed by atoms with Crippen molar-refractivity contribution in [2.24, 2.45) is 0 Å². The number of nitrogens with zero attached hydrogens (tertiary/aromatic N) is 4. The summed E-state index contributed by atoms with van der Waals surface area (Å²) in [5.74, 6) is 1.65. The summed E-state index contributed by atoms with van der Waals surface area (Å²) in [6.45, 7) is 8.28. The van der Waals surface area contributed by atoms with Crippen molar-refractivity contribution >= 4 is 17.8 Å². The molecule has 0 saturated heterocycles. The molecule has 0 aliphatic carbocycles. The molecule has 0 saturated carbocycles. The highest BCUT2D eigenvalue weighted by atomic mass is 16.3. The standard InChI is InChI=1S/C13H26N6O/c1-5-8-10(20)9-15-12-16-11(14-4)17-13(18-12)19(6-2)7-3/h10,20H,5-9H2,1-4H3,(H2,14,15,16,17,18). The predicted octanol–water partition coefficient (Wildman–Crippen LogP) is 1.33. The van der Waals surface area contributed by atoms with Crippen LogP contribution in [0.3, 0.4) is 0 Å². The van der Waals surface area contributed by atoms with Gasteiger partial charge in [-0.1, -0.05) is 13.3 Å². The molecule has 1 heterocycles. The minimum absolute atomic E-state index is 0.383. The maximum Gasteiger partial charge on any atom is 0.231 e. The molecule has 0 aliphatic rings. The monoisotopic (exact) mass is 282 g/mol. The fraction of sp³-hybridized carbons (Fsp3) is 0.769. The van der Waals surface area contributed by atoms with Gasteiger partial charge in [-0.2, -0.15) is 15.0 Å². The van der Waals surface area contributed by atoms with E-state index in [2.05, 4.69) is 44.3 Å². The number of aromatic nitrogens is 3. The normalized spacial score (nSPS) is 12.1. The molecule has 0 aliphatic heterocycles. The van der Waals surface area contributed by atoms with Crippen molar-refractivity contribution in [3.05, 3.63) is 0 Å². The molecular weight excluding hydrogens is 256 g/mol. The number of aliphatic hydroxyl groups is 1. The van der Waals surface area contributed by atoms with E-state index >= 15 is 0 Å². The Morgan fingerprint density at radius 1 is 1.10 bits per heavy atom. The van der Waals surface area contributed by atoms with E-state index in [-0.39, 0.29) is 6.10 Å². The zero-order chi connectivity index (χ0) is 15.0. The Morgan fingerprint density at radius 2 is 1.75 bits per heavy atom. The highest BCUT2D eigenvalue weighted by Crippen LogP contribution is 2.13. The molecule has 1 atom stereocenters. The van der Waals surface area contributed by atoms with Crippen LogP contribution >= 0.6 is 0 Å². The molecule has 0 radical (unpaired) electrons. The molecule has 0 spiro atoms. The highest BCUT2D eigenvalue weighted by molar-refractivity contribution is 5.43. The lowest BCUT2D eigenvalue weighted by molar-refractivity contribution is 0.176. The third-order valence-corrected chi connectivity index (χ3v) is 3.01. The average Bonchev–Trinajstić information content (AvgIpc) is 2.46. The molecule has 3 N–H and O–H groups in total. The van der Waals surface area contributed by atoms with E-state index < -0.39 is 0 Å². The first-order valence-corrected chi connectivity index (χ1v) is 7.25. The van der Waals surface area contributed by atoms with E-state index in [9.17, 15) is 5.11 Å². The number of anilines is 3. The topological polar surface area (TPSA) is 86.2 Å². The van der Waals surface area contributed by atoms with E-state index in [0.29, 0.717) is 24.4 Å². The third-order valence-electron chi connectivity index (χ3n) is 3.01. The summed E-state index contributed by atoms with van der Waals surface area (Å²) in [7, 11) is 1.77. The van der Waals surface area contributed by atoms with Gasteiger partial charge in [-0.05, 0) is 20.3 Å². The van der Waals surface area contributed by atoms with Gasteiger partial charge >= 0.3 is 0 Å². The number of hydrogen-bond donors (Lipinski definition) is 3. The summed E-state index contributed by atoms with van der Waals surface area (Å²) in [6, 6.07) is 0. The van der Waals surface area contributed by atoms with Gasteiger partial charge in [0, 0.05) is 26.7 Å². The van der Waals surface area contributed by atoms with Gasteiger partial charge in [0.2, 0.25) is 17.8 Å². The Labute approximate surface area is 120 Å². The summed E-state index contributed by atoms with van der Waals surface area (Å²) >= 11 is 0. The summed E-state index contributed by atoms with van der Waals surface area (Å²) in [6.07, 6.45) is 1.33. The summed E-state index contributed by atoms with van der Waals surface area (Å²) in [5, 5.41) is 15.7. The molecule has 1 aromatic heterocycles. The predicted molar refractivity (Wildman–Crippen MR) is 82.3 cm³/mol. The van der Waals surface area contributed by atoms with Crippen molar-refractivity contribution < 1.29 is 5.11 Å². The lowest BCUT2D eigenvalue weighted by Gasteiger charge is -2.19. The highest BCUT2D eigenvalue weighted by Gasteiger charge is 2.11. The second-order valence-electron chi connectivity index (χ2n) is 4.53. The summed E-state index contributed by atoms with van der Waals surface area (Å²) in [5.41, 5.74) is 0. The first-order valence-electron chi connectivity index (χ1n) is 7.25. The van der Waals surface area contributed by atoms with Crippen LogP contribution in [0.1, 0.15) is 33.6 Å². The average molecular weight is 282 g/mol. The Kier molecular flexibility index (Phi) is 7.00. The molecule has 0 amide bonds. The fourth-order valence-corrected chi connectivity index (χ4v) is 1.85. The van der Waals surface area contributed by atoms with Crippen LogP contribution < -0.4 is 15.5 Å². The molecule has 7 heteroatoms. The van der Waals surface area contributed by atoms with Gasteiger partial charge in [-0.3, -0.25) is 0 Å². The van der Waals surface area contributed by atoms with E-state index in [0.717, 1.165) is 25.9 Å². The minimum Gasteiger partial charge on any atom is -0.391 e. The molecule has 0 bridgehead atoms. The van der Waals surface area contributed by atoms with Crippen LogP contribution in [-0.4, -0.2) is 52.8 Å². The second-order valence-corrected chi connectivity index (χ2v) is 4.53. The fourth-order valence-electron chi connectivity index (χ4n) is 1.85. The zero-order valence-corrected chi connectivity index (χ0v) is 12.8. The van der Waals surface area contributed by atoms with Crippen LogP contribution in [0.25, 0.3) is 0 Å². The first kappa shape index (κ1) is 16.4. The quantitative estimate of drug-likeness (QED) is 0.630. The maximum atomic E-state index is 9.75. The van der Waals surface area contributed by atoms with Crippen molar-refractivity contribution in [3.8, 4) is 0 Å². The Bertz CT molecular complexity index is 396. The lowest BCUT2D eigenvalue weighted by atomic mass is 10.2. The van der Waals surface area contributed by atoms with Crippen molar-refractivity contribution in [1.82, 2.24) is 15.0 Å². The van der Waals surface area contributed by atoms with Crippen LogP contribution in [0.15, 0.2) is 0 Å². The number of rotatable bonds is 9. The number of hydrogen-bond acceptors (Lipinski definition) is 7. The maximum absolute atomic E-state index is 9.75. The largest absolute Gasteiger partial charge is 0.391 e. The smallest absolute Gasteiger partial charge is 0.231 e. The third kappa shape index (κ3) is 4.80. The van der Waals surface area contributed by atoms with Crippen molar-refractivity contribution in [3.63, 3.8) is 0 Å². The Hall–Kier alpha value is -1.63. The van der Waals surface area contributed by atoms with Crippen molar-refractivity contribution in [2.75, 3.05) is 42.2 Å². The van der Waals surface area contributed by atoms with E-state index in [1.165, 1.54) is 0 Å². The molecule has 114 valence electrons. The number of nitrogens with one attached hydrogen (secondary N) is 2. The molecule has 1 unspecified atom stereocenters. The van der Waals surface area contributed by atoms with E-state index in [1.54, 1.807) is 7.05 Å². The minimum atomic E-state index is -0.383. The van der Waals surface area contributed by atoms with Crippen molar-refractivity contribution in [2.45, 2.75) is 39.7 Å². The van der Waals surface area contributed by atoms with Crippen LogP contribution in [0, 0.1) is 0 Å². The van der Waals surface area contributed by atoms with Gasteiger partial charge in [0.05, 0.1) is 6.10 Å². The first-order chi connectivity index (χ1) is 9.64. The summed E-state index contributed by atoms with van der Waals surface area (Å²) < 4.78 is 0. The lowest BCUT2D eigenvalue weighted by Crippen LogP contribution is -2.26. The van der Waals surface area contributed by atoms with Gasteiger partial charge in [0.25, 0.3) is 0 Å². The Balaban J connectivity index is 2.82. The van der Waals surface area contributed by atoms with Crippen LogP contribution in [0.2, 0.25) is 0 Å². The van der Waals surface area contributed by atoms with E-state index in [4.69, 9.17) is 0 Å². The van der Waals surface area contributed by atoms with Gasteiger partial charge in [0.1, 0.15) is 0 Å². The van der Waals surface area contributed by atoms with Gasteiger partial charge in [-0.25, -0.2) is 0 Å². The van der Waals surface area contributed by atoms with Gasteiger partial charge in [-0.15, -0.1) is 0 Å². The Morgan fingerprint density at radius 3 is 2.30 bits per heavy atom. The molecule has 20 heavy (non-hydrogen) atoms. The van der Waals surface area contributed by atoms with Crippen LogP contribution in [0.5, 0.6) is 0 Å². The van der Waals surface area contributed by atoms with Gasteiger partial charge < -0.3 is 20.6 Å². The molecule has 1 rings (SSSR count). The zero-order valence-electron chi connectivity index (χ0n) is 12.8. The number of aliphatic hydroxyl groups excluding tert-OH is 1. The van der Waals surface area contributed by atoms with Crippen LogP contribution in [0.4, 0.5) is 17.8 Å². The molecular formula is C13H26N6O. The molecule has 0 aromatic carbocycles. The molecule has 0 fully saturated rings.